The number of nitrogens with two attached hydrogens (primary N) is 1. The van der Waals surface area contributed by atoms with Crippen molar-refractivity contribution in [2.45, 2.75) is 13.5 Å². The van der Waals surface area contributed by atoms with E-state index in [1.165, 1.54) is 5.56 Å². The highest BCUT2D eigenvalue weighted by molar-refractivity contribution is 7.08. The van der Waals surface area contributed by atoms with Crippen LogP contribution in [-0.2, 0) is 6.54 Å². The molecule has 1 aromatic carbocycles. The predicted molar refractivity (Wildman–Crippen MR) is 76.1 cm³/mol. The molecule has 0 saturated carbocycles. The van der Waals surface area contributed by atoms with Crippen molar-refractivity contribution in [2.24, 2.45) is 0 Å². The van der Waals surface area contributed by atoms with Gasteiger partial charge in [-0.05, 0) is 47.0 Å². The van der Waals surface area contributed by atoms with E-state index in [0.717, 1.165) is 5.56 Å². The smallest absolute Gasteiger partial charge is 0.251 e. The largest absolute Gasteiger partial charge is 0.398 e. The zero-order valence-corrected chi connectivity index (χ0v) is 11.4. The van der Waals surface area contributed by atoms with Crippen molar-refractivity contribution in [1.82, 2.24) is 5.32 Å². The average Bonchev–Trinajstić information content (AvgIpc) is 2.75. The van der Waals surface area contributed by atoms with E-state index in [1.54, 1.807) is 29.5 Å². The number of nitrogens with one attached hydrogen (secondary N) is 1. The minimum Gasteiger partial charge on any atom is -0.398 e. The zero-order chi connectivity index (χ0) is 13.1. The number of carbonyl (C=O) groups is 1. The number of thiophene rings is 1. The summed E-state index contributed by atoms with van der Waals surface area (Å²) in [5.41, 5.74) is 8.91. The standard InChI is InChI=1S/C13H13ClN2OS/c1-8-6-18-7-10(8)5-16-13(17)9-2-3-12(15)11(14)4-9/h2-4,6-7H,5,15H2,1H3,(H,16,17). The van der Waals surface area contributed by atoms with Gasteiger partial charge >= 0.3 is 0 Å². The molecular weight excluding hydrogens is 268 g/mol. The van der Waals surface area contributed by atoms with Gasteiger partial charge in [-0.2, -0.15) is 11.3 Å². The van der Waals surface area contributed by atoms with Crippen LogP contribution in [0.4, 0.5) is 5.69 Å². The van der Waals surface area contributed by atoms with Crippen LogP contribution in [0.2, 0.25) is 5.02 Å². The minimum atomic E-state index is -0.150. The molecule has 0 radical (unpaired) electrons. The maximum atomic E-state index is 11.9. The summed E-state index contributed by atoms with van der Waals surface area (Å²) >= 11 is 7.51. The molecule has 0 unspecified atom stereocenters. The zero-order valence-electron chi connectivity index (χ0n) is 9.87. The van der Waals surface area contributed by atoms with Crippen LogP contribution in [0.5, 0.6) is 0 Å². The maximum absolute atomic E-state index is 11.9. The summed E-state index contributed by atoms with van der Waals surface area (Å²) in [5.74, 6) is -0.150. The molecule has 3 N–H and O–H groups in total. The van der Waals surface area contributed by atoms with Gasteiger partial charge in [0.2, 0.25) is 0 Å². The highest BCUT2D eigenvalue weighted by atomic mass is 35.5. The molecule has 0 aliphatic carbocycles. The molecule has 0 saturated heterocycles. The van der Waals surface area contributed by atoms with Gasteiger partial charge in [-0.15, -0.1) is 0 Å². The molecule has 1 amide bonds. The van der Waals surface area contributed by atoms with E-state index in [1.807, 2.05) is 12.3 Å². The first-order valence-corrected chi connectivity index (χ1v) is 6.75. The second kappa shape index (κ2) is 5.42. The summed E-state index contributed by atoms with van der Waals surface area (Å²) in [4.78, 5) is 11.9. The fourth-order valence-corrected chi connectivity index (χ4v) is 2.55. The third kappa shape index (κ3) is 2.83. The lowest BCUT2D eigenvalue weighted by atomic mass is 10.2. The molecule has 0 atom stereocenters. The van der Waals surface area contributed by atoms with E-state index >= 15 is 0 Å². The van der Waals surface area contributed by atoms with E-state index in [0.29, 0.717) is 22.8 Å². The first kappa shape index (κ1) is 12.9. The molecule has 1 aromatic heterocycles. The molecule has 0 fully saturated rings. The number of anilines is 1. The molecule has 0 bridgehead atoms. The summed E-state index contributed by atoms with van der Waals surface area (Å²) < 4.78 is 0. The summed E-state index contributed by atoms with van der Waals surface area (Å²) in [6.07, 6.45) is 0. The quantitative estimate of drug-likeness (QED) is 0.848. The van der Waals surface area contributed by atoms with Crippen LogP contribution in [0.25, 0.3) is 0 Å². The van der Waals surface area contributed by atoms with Crippen molar-refractivity contribution in [2.75, 3.05) is 5.73 Å². The Hall–Kier alpha value is -1.52. The molecule has 94 valence electrons. The van der Waals surface area contributed by atoms with Crippen molar-refractivity contribution < 1.29 is 4.79 Å². The summed E-state index contributed by atoms with van der Waals surface area (Å²) in [6, 6.07) is 4.87. The van der Waals surface area contributed by atoms with E-state index in [4.69, 9.17) is 17.3 Å². The number of benzene rings is 1. The van der Waals surface area contributed by atoms with E-state index < -0.39 is 0 Å². The normalized spacial score (nSPS) is 10.3. The minimum absolute atomic E-state index is 0.150. The van der Waals surface area contributed by atoms with Crippen LogP contribution in [0.3, 0.4) is 0 Å². The van der Waals surface area contributed by atoms with Crippen LogP contribution in [0.1, 0.15) is 21.5 Å². The van der Waals surface area contributed by atoms with Crippen LogP contribution in [-0.4, -0.2) is 5.91 Å². The number of carbonyl (C=O) groups excluding carboxylic acids is 1. The van der Waals surface area contributed by atoms with E-state index in [9.17, 15) is 4.79 Å². The molecule has 2 rings (SSSR count). The van der Waals surface area contributed by atoms with Crippen LogP contribution in [0.15, 0.2) is 29.0 Å². The molecular formula is C13H13ClN2OS. The van der Waals surface area contributed by atoms with Crippen molar-refractivity contribution in [3.05, 3.63) is 50.7 Å². The fraction of sp³-hybridized carbons (Fsp3) is 0.154. The van der Waals surface area contributed by atoms with Gasteiger partial charge in [-0.1, -0.05) is 11.6 Å². The van der Waals surface area contributed by atoms with Gasteiger partial charge in [0, 0.05) is 12.1 Å². The number of hydrogen-bond donors (Lipinski definition) is 2. The SMILES string of the molecule is Cc1cscc1CNC(=O)c1ccc(N)c(Cl)c1. The van der Waals surface area contributed by atoms with Gasteiger partial charge in [0.05, 0.1) is 10.7 Å². The number of halogens is 1. The molecule has 1 heterocycles. The Labute approximate surface area is 115 Å². The maximum Gasteiger partial charge on any atom is 0.251 e. The lowest BCUT2D eigenvalue weighted by Crippen LogP contribution is -2.22. The lowest BCUT2D eigenvalue weighted by molar-refractivity contribution is 0.0951. The highest BCUT2D eigenvalue weighted by Gasteiger charge is 2.08. The van der Waals surface area contributed by atoms with Gasteiger partial charge in [-0.3, -0.25) is 4.79 Å². The summed E-state index contributed by atoms with van der Waals surface area (Å²) in [5, 5.41) is 7.35. The van der Waals surface area contributed by atoms with Crippen LogP contribution >= 0.6 is 22.9 Å². The molecule has 2 aromatic rings. The second-order valence-corrected chi connectivity index (χ2v) is 5.15. The van der Waals surface area contributed by atoms with Gasteiger partial charge in [-0.25, -0.2) is 0 Å². The van der Waals surface area contributed by atoms with E-state index in [-0.39, 0.29) is 5.91 Å². The first-order valence-electron chi connectivity index (χ1n) is 5.43. The Morgan fingerprint density at radius 3 is 2.83 bits per heavy atom. The van der Waals surface area contributed by atoms with Crippen molar-refractivity contribution in [1.29, 1.82) is 0 Å². The Bertz CT molecular complexity index is 580. The molecule has 0 aliphatic rings. The molecule has 5 heteroatoms. The number of rotatable bonds is 3. The Balaban J connectivity index is 2.04. The highest BCUT2D eigenvalue weighted by Crippen LogP contribution is 2.19. The topological polar surface area (TPSA) is 55.1 Å². The Morgan fingerprint density at radius 2 is 2.22 bits per heavy atom. The second-order valence-electron chi connectivity index (χ2n) is 4.00. The fourth-order valence-electron chi connectivity index (χ4n) is 1.51. The Kier molecular flexibility index (Phi) is 3.89. The van der Waals surface area contributed by atoms with Crippen LogP contribution < -0.4 is 11.1 Å². The molecule has 0 spiro atoms. The third-order valence-corrected chi connectivity index (χ3v) is 3.90. The van der Waals surface area contributed by atoms with Gasteiger partial charge in [0.25, 0.3) is 5.91 Å². The first-order chi connectivity index (χ1) is 8.58. The van der Waals surface area contributed by atoms with Gasteiger partial charge < -0.3 is 11.1 Å². The number of aryl methyl sites for hydroxylation is 1. The average molecular weight is 281 g/mol. The monoisotopic (exact) mass is 280 g/mol. The third-order valence-electron chi connectivity index (χ3n) is 2.66. The molecule has 3 nitrogen and oxygen atoms in total. The van der Waals surface area contributed by atoms with E-state index in [2.05, 4.69) is 10.7 Å². The van der Waals surface area contributed by atoms with Gasteiger partial charge in [0.1, 0.15) is 0 Å². The summed E-state index contributed by atoms with van der Waals surface area (Å²) in [7, 11) is 0. The van der Waals surface area contributed by atoms with Gasteiger partial charge in [0.15, 0.2) is 0 Å². The number of nitrogen functional groups attached to an aromatic ring is 1. The van der Waals surface area contributed by atoms with Crippen molar-refractivity contribution >= 4 is 34.5 Å². The number of amides is 1. The Morgan fingerprint density at radius 1 is 1.44 bits per heavy atom. The van der Waals surface area contributed by atoms with Crippen molar-refractivity contribution in [3.63, 3.8) is 0 Å². The van der Waals surface area contributed by atoms with Crippen LogP contribution in [0, 0.1) is 6.92 Å². The molecule has 0 aliphatic heterocycles. The van der Waals surface area contributed by atoms with Crippen molar-refractivity contribution in [3.8, 4) is 0 Å². The lowest BCUT2D eigenvalue weighted by Gasteiger charge is -2.06. The summed E-state index contributed by atoms with van der Waals surface area (Å²) in [6.45, 7) is 2.55. The molecule has 18 heavy (non-hydrogen) atoms. The predicted octanol–water partition coefficient (Wildman–Crippen LogP) is 3.22. The number of hydrogen-bond acceptors (Lipinski definition) is 3.